The van der Waals surface area contributed by atoms with Crippen LogP contribution in [0, 0.1) is 0 Å². The Morgan fingerprint density at radius 1 is 1.40 bits per heavy atom. The average molecular weight is 146 g/mol. The summed E-state index contributed by atoms with van der Waals surface area (Å²) in [6, 6.07) is 0. The van der Waals surface area contributed by atoms with Gasteiger partial charge in [0, 0.05) is 13.7 Å². The Balaban J connectivity index is 2.89. The quantitative estimate of drug-likeness (QED) is 0.445. The lowest BCUT2D eigenvalue weighted by Gasteiger charge is -2.03. The smallest absolute Gasteiger partial charge is 0.402 e. The van der Waals surface area contributed by atoms with Gasteiger partial charge in [-0.25, -0.2) is 0 Å². The van der Waals surface area contributed by atoms with Gasteiger partial charge in [-0.3, -0.25) is 0 Å². The number of rotatable bonds is 6. The maximum atomic E-state index is 8.71. The summed E-state index contributed by atoms with van der Waals surface area (Å²) in [7, 11) is 0.363. The van der Waals surface area contributed by atoms with Crippen molar-refractivity contribution in [1.29, 1.82) is 0 Å². The molecule has 0 aliphatic heterocycles. The van der Waals surface area contributed by atoms with E-state index in [0.717, 1.165) is 19.3 Å². The van der Waals surface area contributed by atoms with Gasteiger partial charge in [-0.15, -0.1) is 0 Å². The third-order valence-corrected chi connectivity index (χ3v) is 1.21. The monoisotopic (exact) mass is 146 g/mol. The summed E-state index contributed by atoms with van der Waals surface area (Å²) in [6.07, 6.45) is 3.28. The highest BCUT2D eigenvalue weighted by atomic mass is 16.7. The lowest BCUT2D eigenvalue weighted by atomic mass is 10.2. The topological polar surface area (TPSA) is 38.7 Å². The van der Waals surface area contributed by atoms with E-state index in [1.54, 1.807) is 0 Å². The molecule has 0 unspecified atom stereocenters. The summed E-state index contributed by atoms with van der Waals surface area (Å²) in [5.41, 5.74) is 0. The lowest BCUT2D eigenvalue weighted by molar-refractivity contribution is 0.156. The molecular weight excluding hydrogens is 131 g/mol. The van der Waals surface area contributed by atoms with Gasteiger partial charge < -0.3 is 14.3 Å². The van der Waals surface area contributed by atoms with Crippen LogP contribution >= 0.6 is 0 Å². The highest BCUT2D eigenvalue weighted by molar-refractivity contribution is 6.34. The maximum absolute atomic E-state index is 8.71. The largest absolute Gasteiger partial charge is 0.636 e. The van der Waals surface area contributed by atoms with Crippen LogP contribution in [0.1, 0.15) is 26.2 Å². The van der Waals surface area contributed by atoms with Crippen LogP contribution in [0.15, 0.2) is 0 Å². The van der Waals surface area contributed by atoms with Gasteiger partial charge in [0.1, 0.15) is 0 Å². The molecule has 0 saturated carbocycles. The Hall–Kier alpha value is -0.0551. The van der Waals surface area contributed by atoms with E-state index in [4.69, 9.17) is 9.68 Å². The van der Waals surface area contributed by atoms with E-state index in [0.29, 0.717) is 6.61 Å². The molecular formula is C6H15BO3. The molecule has 0 saturated heterocycles. The van der Waals surface area contributed by atoms with Crippen molar-refractivity contribution < 1.29 is 14.3 Å². The molecule has 0 rings (SSSR count). The summed E-state index contributed by atoms with van der Waals surface area (Å²) >= 11 is 0. The Morgan fingerprint density at radius 3 is 2.60 bits per heavy atom. The van der Waals surface area contributed by atoms with Crippen LogP contribution in [0.4, 0.5) is 0 Å². The molecule has 0 spiro atoms. The summed E-state index contributed by atoms with van der Waals surface area (Å²) in [5, 5.41) is 8.71. The third kappa shape index (κ3) is 6.07. The van der Waals surface area contributed by atoms with Crippen molar-refractivity contribution in [3.63, 3.8) is 0 Å². The van der Waals surface area contributed by atoms with E-state index < -0.39 is 7.32 Å². The van der Waals surface area contributed by atoms with Crippen molar-refractivity contribution >= 4 is 7.32 Å². The molecule has 0 fully saturated rings. The van der Waals surface area contributed by atoms with Gasteiger partial charge >= 0.3 is 7.32 Å². The summed E-state index contributed by atoms with van der Waals surface area (Å²) in [6.45, 7) is 2.69. The zero-order chi connectivity index (χ0) is 7.82. The molecule has 0 heterocycles. The maximum Gasteiger partial charge on any atom is 0.636 e. The fraction of sp³-hybridized carbons (Fsp3) is 1.00. The van der Waals surface area contributed by atoms with E-state index in [2.05, 4.69) is 11.6 Å². The first kappa shape index (κ1) is 9.94. The molecule has 0 bridgehead atoms. The first-order valence-electron chi connectivity index (χ1n) is 3.63. The van der Waals surface area contributed by atoms with Crippen LogP contribution in [0.25, 0.3) is 0 Å². The normalized spacial score (nSPS) is 9.90. The van der Waals surface area contributed by atoms with Crippen molar-refractivity contribution in [3.05, 3.63) is 0 Å². The zero-order valence-electron chi connectivity index (χ0n) is 6.67. The molecule has 0 atom stereocenters. The van der Waals surface area contributed by atoms with E-state index in [9.17, 15) is 0 Å². The number of unbranched alkanes of at least 4 members (excludes halogenated alkanes) is 2. The van der Waals surface area contributed by atoms with Crippen LogP contribution in [0.3, 0.4) is 0 Å². The summed E-state index contributed by atoms with van der Waals surface area (Å²) < 4.78 is 9.29. The average Bonchev–Trinajstić information content (AvgIpc) is 1.98. The molecule has 0 aromatic rings. The van der Waals surface area contributed by atoms with Gasteiger partial charge in [0.2, 0.25) is 0 Å². The van der Waals surface area contributed by atoms with Gasteiger partial charge in [0.05, 0.1) is 0 Å². The summed E-state index contributed by atoms with van der Waals surface area (Å²) in [5.74, 6) is 0. The van der Waals surface area contributed by atoms with Gasteiger partial charge in [-0.1, -0.05) is 19.8 Å². The molecule has 0 radical (unpaired) electrons. The Bertz CT molecular complexity index is 70.0. The second kappa shape index (κ2) is 7.06. The Kier molecular flexibility index (Phi) is 7.02. The van der Waals surface area contributed by atoms with Gasteiger partial charge in [-0.05, 0) is 6.42 Å². The minimum absolute atomic E-state index is 0.572. The minimum atomic E-state index is -1.04. The van der Waals surface area contributed by atoms with Crippen molar-refractivity contribution in [2.45, 2.75) is 26.2 Å². The fourth-order valence-electron chi connectivity index (χ4n) is 0.604. The molecule has 1 N–H and O–H groups in total. The van der Waals surface area contributed by atoms with Crippen LogP contribution in [-0.4, -0.2) is 26.1 Å². The molecule has 0 aliphatic rings. The van der Waals surface area contributed by atoms with Gasteiger partial charge in [0.15, 0.2) is 0 Å². The summed E-state index contributed by atoms with van der Waals surface area (Å²) in [4.78, 5) is 0. The van der Waals surface area contributed by atoms with Crippen LogP contribution in [0.5, 0.6) is 0 Å². The molecule has 4 heteroatoms. The van der Waals surface area contributed by atoms with Crippen molar-refractivity contribution in [2.24, 2.45) is 0 Å². The fourth-order valence-corrected chi connectivity index (χ4v) is 0.604. The Morgan fingerprint density at radius 2 is 2.10 bits per heavy atom. The minimum Gasteiger partial charge on any atom is -0.402 e. The SMILES string of the molecule is CCCCCOB(O)OC. The van der Waals surface area contributed by atoms with E-state index >= 15 is 0 Å². The molecule has 0 amide bonds. The van der Waals surface area contributed by atoms with Gasteiger partial charge in [0.25, 0.3) is 0 Å². The standard InChI is InChI=1S/C6H15BO3/c1-3-4-5-6-10-7(8)9-2/h8H,3-6H2,1-2H3. The molecule has 0 aromatic carbocycles. The molecule has 0 aliphatic carbocycles. The first-order valence-corrected chi connectivity index (χ1v) is 3.63. The molecule has 60 valence electrons. The highest BCUT2D eigenvalue weighted by Gasteiger charge is 2.10. The number of hydrogen-bond acceptors (Lipinski definition) is 3. The van der Waals surface area contributed by atoms with Crippen LogP contribution in [-0.2, 0) is 9.31 Å². The van der Waals surface area contributed by atoms with E-state index in [-0.39, 0.29) is 0 Å². The predicted octanol–water partition coefficient (Wildman–Crippen LogP) is 0.817. The Labute approximate surface area is 62.5 Å². The van der Waals surface area contributed by atoms with Crippen molar-refractivity contribution in [3.8, 4) is 0 Å². The van der Waals surface area contributed by atoms with Crippen molar-refractivity contribution in [2.75, 3.05) is 13.7 Å². The molecule has 0 aromatic heterocycles. The van der Waals surface area contributed by atoms with Crippen LogP contribution in [0.2, 0.25) is 0 Å². The second-order valence-corrected chi connectivity index (χ2v) is 2.12. The van der Waals surface area contributed by atoms with Gasteiger partial charge in [-0.2, -0.15) is 0 Å². The van der Waals surface area contributed by atoms with E-state index in [1.807, 2.05) is 0 Å². The lowest BCUT2D eigenvalue weighted by Crippen LogP contribution is -2.20. The molecule has 10 heavy (non-hydrogen) atoms. The van der Waals surface area contributed by atoms with Crippen molar-refractivity contribution in [1.82, 2.24) is 0 Å². The second-order valence-electron chi connectivity index (χ2n) is 2.12. The van der Waals surface area contributed by atoms with E-state index in [1.165, 1.54) is 7.11 Å². The molecule has 3 nitrogen and oxygen atoms in total. The zero-order valence-corrected chi connectivity index (χ0v) is 6.67. The first-order chi connectivity index (χ1) is 4.81. The van der Waals surface area contributed by atoms with Crippen LogP contribution < -0.4 is 0 Å². The number of hydrogen-bond donors (Lipinski definition) is 1. The predicted molar refractivity (Wildman–Crippen MR) is 40.5 cm³/mol. The highest BCUT2D eigenvalue weighted by Crippen LogP contribution is 1.94. The third-order valence-electron chi connectivity index (χ3n) is 1.21.